The van der Waals surface area contributed by atoms with Crippen LogP contribution in [0.3, 0.4) is 0 Å². The average Bonchev–Trinajstić information content (AvgIpc) is 2.16. The number of rotatable bonds is 1. The minimum atomic E-state index is 0.284. The summed E-state index contributed by atoms with van der Waals surface area (Å²) in [6.07, 6.45) is 0. The summed E-state index contributed by atoms with van der Waals surface area (Å²) in [5.41, 5.74) is 1.62. The van der Waals surface area contributed by atoms with E-state index in [1.165, 1.54) is 0 Å². The zero-order valence-electron chi connectivity index (χ0n) is 9.63. The molecular formula is C10H16B2N2. The topological polar surface area (TPSA) is 25.8 Å². The van der Waals surface area contributed by atoms with E-state index in [-0.39, 0.29) is 5.92 Å². The Morgan fingerprint density at radius 2 is 1.57 bits per heavy atom. The summed E-state index contributed by atoms with van der Waals surface area (Å²) in [6, 6.07) is 0. The quantitative estimate of drug-likeness (QED) is 0.597. The molecule has 0 fully saturated rings. The molecule has 0 N–H and O–H groups in total. The molecule has 0 spiro atoms. The van der Waals surface area contributed by atoms with Gasteiger partial charge in [0.2, 0.25) is 0 Å². The Kier molecular flexibility index (Phi) is 5.51. The van der Waals surface area contributed by atoms with Crippen LogP contribution in [-0.2, 0) is 0 Å². The Labute approximate surface area is 89.4 Å². The van der Waals surface area contributed by atoms with Crippen molar-refractivity contribution >= 4 is 26.7 Å². The van der Waals surface area contributed by atoms with E-state index in [0.717, 1.165) is 11.5 Å². The first kappa shape index (κ1) is 13.2. The number of hydrogen-bond donors (Lipinski definition) is 0. The molecule has 0 aliphatic heterocycles. The van der Waals surface area contributed by atoms with E-state index in [2.05, 4.69) is 9.97 Å². The minimum Gasteiger partial charge on any atom is -0.250 e. The predicted molar refractivity (Wildman–Crippen MR) is 63.0 cm³/mol. The van der Waals surface area contributed by atoms with Gasteiger partial charge in [-0.15, -0.1) is 0 Å². The molecule has 0 amide bonds. The first-order valence-corrected chi connectivity index (χ1v) is 4.92. The van der Waals surface area contributed by atoms with Crippen molar-refractivity contribution in [3.8, 4) is 0 Å². The van der Waals surface area contributed by atoms with Crippen molar-refractivity contribution in [3.05, 3.63) is 11.5 Å². The standard InChI is InChI=1S/C8H10B2N2.C2H6/c1-4(2)8-11-5(3)6(9)7(10)12-8;1-2/h4H,1-3H3;1-2H3. The lowest BCUT2D eigenvalue weighted by Crippen LogP contribution is -2.33. The van der Waals surface area contributed by atoms with Crippen LogP contribution in [-0.4, -0.2) is 25.7 Å². The third kappa shape index (κ3) is 3.17. The summed E-state index contributed by atoms with van der Waals surface area (Å²) in [7, 11) is 11.2. The van der Waals surface area contributed by atoms with Crippen LogP contribution in [0, 0.1) is 6.92 Å². The molecule has 14 heavy (non-hydrogen) atoms. The van der Waals surface area contributed by atoms with Crippen molar-refractivity contribution in [2.24, 2.45) is 0 Å². The van der Waals surface area contributed by atoms with Crippen LogP contribution < -0.4 is 11.1 Å². The average molecular weight is 186 g/mol. The zero-order valence-corrected chi connectivity index (χ0v) is 9.63. The number of nitrogens with zero attached hydrogens (tertiary/aromatic N) is 2. The zero-order chi connectivity index (χ0) is 11.3. The highest BCUT2D eigenvalue weighted by atomic mass is 14.9. The van der Waals surface area contributed by atoms with Crippen LogP contribution in [0.15, 0.2) is 0 Å². The van der Waals surface area contributed by atoms with Crippen molar-refractivity contribution in [3.63, 3.8) is 0 Å². The van der Waals surface area contributed by atoms with Gasteiger partial charge in [-0.05, 0) is 12.5 Å². The Balaban J connectivity index is 0.000000791. The van der Waals surface area contributed by atoms with Gasteiger partial charge in [0, 0.05) is 11.6 Å². The lowest BCUT2D eigenvalue weighted by atomic mass is 9.84. The molecule has 0 atom stereocenters. The van der Waals surface area contributed by atoms with Gasteiger partial charge in [0.05, 0.1) is 0 Å². The normalized spacial score (nSPS) is 9.57. The van der Waals surface area contributed by atoms with Gasteiger partial charge in [-0.25, -0.2) is 9.97 Å². The Morgan fingerprint density at radius 3 is 1.93 bits per heavy atom. The van der Waals surface area contributed by atoms with Crippen LogP contribution in [0.1, 0.15) is 45.1 Å². The molecule has 0 unspecified atom stereocenters. The summed E-state index contributed by atoms with van der Waals surface area (Å²) in [4.78, 5) is 8.29. The van der Waals surface area contributed by atoms with Crippen LogP contribution >= 0.6 is 0 Å². The molecule has 0 aliphatic rings. The fourth-order valence-corrected chi connectivity index (χ4v) is 0.884. The molecule has 4 radical (unpaired) electrons. The highest BCUT2D eigenvalue weighted by Crippen LogP contribution is 2.05. The van der Waals surface area contributed by atoms with Crippen LogP contribution in [0.5, 0.6) is 0 Å². The predicted octanol–water partition coefficient (Wildman–Crippen LogP) is 0.522. The molecule has 0 aliphatic carbocycles. The maximum Gasteiger partial charge on any atom is 0.141 e. The van der Waals surface area contributed by atoms with E-state index in [1.807, 2.05) is 34.6 Å². The fourth-order valence-electron chi connectivity index (χ4n) is 0.884. The second-order valence-corrected chi connectivity index (χ2v) is 3.12. The molecule has 0 aromatic carbocycles. The lowest BCUT2D eigenvalue weighted by molar-refractivity contribution is 0.774. The fraction of sp³-hybridized carbons (Fsp3) is 0.600. The van der Waals surface area contributed by atoms with Crippen molar-refractivity contribution < 1.29 is 0 Å². The minimum absolute atomic E-state index is 0.284. The van der Waals surface area contributed by atoms with Gasteiger partial charge in [0.15, 0.2) is 0 Å². The third-order valence-corrected chi connectivity index (χ3v) is 1.70. The van der Waals surface area contributed by atoms with Gasteiger partial charge in [0.1, 0.15) is 21.5 Å². The van der Waals surface area contributed by atoms with E-state index < -0.39 is 0 Å². The van der Waals surface area contributed by atoms with Crippen molar-refractivity contribution in [2.45, 2.75) is 40.5 Å². The summed E-state index contributed by atoms with van der Waals surface area (Å²) in [5.74, 6) is 1.03. The Bertz CT molecular complexity index is 275. The van der Waals surface area contributed by atoms with E-state index >= 15 is 0 Å². The second kappa shape index (κ2) is 5.84. The molecule has 1 heterocycles. The van der Waals surface area contributed by atoms with Crippen molar-refractivity contribution in [1.29, 1.82) is 0 Å². The molecule has 0 saturated heterocycles. The Morgan fingerprint density at radius 1 is 1.07 bits per heavy atom. The maximum atomic E-state index is 5.60. The van der Waals surface area contributed by atoms with Crippen molar-refractivity contribution in [2.75, 3.05) is 0 Å². The summed E-state index contributed by atoms with van der Waals surface area (Å²) in [6.45, 7) is 9.87. The molecular weight excluding hydrogens is 170 g/mol. The maximum absolute atomic E-state index is 5.60. The van der Waals surface area contributed by atoms with E-state index in [4.69, 9.17) is 15.7 Å². The van der Waals surface area contributed by atoms with Gasteiger partial charge in [-0.2, -0.15) is 0 Å². The van der Waals surface area contributed by atoms with Crippen LogP contribution in [0.25, 0.3) is 0 Å². The first-order chi connectivity index (χ1) is 6.52. The summed E-state index contributed by atoms with van der Waals surface area (Å²) >= 11 is 0. The molecule has 1 aromatic rings. The summed E-state index contributed by atoms with van der Waals surface area (Å²) < 4.78 is 0. The number of aromatic nitrogens is 2. The second-order valence-electron chi connectivity index (χ2n) is 3.12. The Hall–Kier alpha value is -0.790. The van der Waals surface area contributed by atoms with Gasteiger partial charge in [-0.1, -0.05) is 33.2 Å². The van der Waals surface area contributed by atoms with Gasteiger partial charge < -0.3 is 0 Å². The molecule has 72 valence electrons. The third-order valence-electron chi connectivity index (χ3n) is 1.70. The van der Waals surface area contributed by atoms with Gasteiger partial charge in [0.25, 0.3) is 0 Å². The molecule has 0 saturated carbocycles. The molecule has 2 nitrogen and oxygen atoms in total. The van der Waals surface area contributed by atoms with E-state index in [1.54, 1.807) is 0 Å². The molecule has 1 aromatic heterocycles. The number of hydrogen-bond acceptors (Lipinski definition) is 2. The lowest BCUT2D eigenvalue weighted by Gasteiger charge is -2.09. The van der Waals surface area contributed by atoms with Gasteiger partial charge in [-0.3, -0.25) is 0 Å². The van der Waals surface area contributed by atoms with Crippen LogP contribution in [0.4, 0.5) is 0 Å². The van der Waals surface area contributed by atoms with Gasteiger partial charge >= 0.3 is 0 Å². The smallest absolute Gasteiger partial charge is 0.141 e. The van der Waals surface area contributed by atoms with Crippen molar-refractivity contribution in [1.82, 2.24) is 9.97 Å². The highest BCUT2D eigenvalue weighted by Gasteiger charge is 2.06. The molecule has 4 heteroatoms. The van der Waals surface area contributed by atoms with Crippen LogP contribution in [0.2, 0.25) is 0 Å². The highest BCUT2D eigenvalue weighted by molar-refractivity contribution is 6.47. The molecule has 0 bridgehead atoms. The largest absolute Gasteiger partial charge is 0.250 e. The summed E-state index contributed by atoms with van der Waals surface area (Å²) in [5, 5.41) is 0. The van der Waals surface area contributed by atoms with E-state index in [9.17, 15) is 0 Å². The molecule has 1 rings (SSSR count). The SMILES string of the molecule is CC.[B]c1nc(C(C)C)nc(C)c1[B]. The number of aryl methyl sites for hydroxylation is 1. The van der Waals surface area contributed by atoms with E-state index in [0.29, 0.717) is 11.1 Å². The monoisotopic (exact) mass is 186 g/mol. The first-order valence-electron chi connectivity index (χ1n) is 4.92.